The second-order valence-electron chi connectivity index (χ2n) is 4.75. The van der Waals surface area contributed by atoms with Crippen molar-refractivity contribution in [3.8, 4) is 5.88 Å². The van der Waals surface area contributed by atoms with Crippen LogP contribution in [0.4, 0.5) is 5.82 Å². The van der Waals surface area contributed by atoms with Gasteiger partial charge >= 0.3 is 0 Å². The molecule has 1 fully saturated rings. The van der Waals surface area contributed by atoms with Gasteiger partial charge in [0.15, 0.2) is 0 Å². The summed E-state index contributed by atoms with van der Waals surface area (Å²) in [5, 5.41) is 13.0. The van der Waals surface area contributed by atoms with Gasteiger partial charge in [0.25, 0.3) is 0 Å². The number of hydrogen-bond donors (Lipinski definition) is 2. The monoisotopic (exact) mass is 267 g/mol. The topological polar surface area (TPSA) is 76.5 Å². The van der Waals surface area contributed by atoms with Crippen LogP contribution in [0.25, 0.3) is 0 Å². The van der Waals surface area contributed by atoms with Crippen molar-refractivity contribution in [2.45, 2.75) is 32.2 Å². The Hall–Kier alpha value is -1.40. The molecule has 0 saturated carbocycles. The summed E-state index contributed by atoms with van der Waals surface area (Å²) in [6.07, 6.45) is 1.52. The lowest BCUT2D eigenvalue weighted by molar-refractivity contribution is 0.0378. The highest BCUT2D eigenvalue weighted by molar-refractivity contribution is 5.41. The molecule has 2 rings (SSSR count). The van der Waals surface area contributed by atoms with Gasteiger partial charge in [0.2, 0.25) is 5.88 Å². The molecule has 2 heterocycles. The summed E-state index contributed by atoms with van der Waals surface area (Å²) in [6.45, 7) is 5.66. The van der Waals surface area contributed by atoms with Gasteiger partial charge < -0.3 is 19.9 Å². The summed E-state index contributed by atoms with van der Waals surface area (Å²) >= 11 is 0. The molecule has 0 aromatic carbocycles. The highest BCUT2D eigenvalue weighted by atomic mass is 16.5. The van der Waals surface area contributed by atoms with Crippen molar-refractivity contribution in [2.75, 3.05) is 31.7 Å². The molecule has 0 spiro atoms. The zero-order valence-corrected chi connectivity index (χ0v) is 11.5. The highest BCUT2D eigenvalue weighted by Crippen LogP contribution is 2.26. The number of rotatable bonds is 5. The first-order valence-electron chi connectivity index (χ1n) is 6.63. The van der Waals surface area contributed by atoms with Crippen LogP contribution in [0, 0.1) is 6.92 Å². The summed E-state index contributed by atoms with van der Waals surface area (Å²) in [4.78, 5) is 8.55. The minimum Gasteiger partial charge on any atom is -0.478 e. The third-order valence-electron chi connectivity index (χ3n) is 3.25. The van der Waals surface area contributed by atoms with Crippen molar-refractivity contribution < 1.29 is 14.6 Å². The highest BCUT2D eigenvalue weighted by Gasteiger charge is 2.32. The summed E-state index contributed by atoms with van der Waals surface area (Å²) < 4.78 is 10.7. The van der Waals surface area contributed by atoms with E-state index in [0.29, 0.717) is 37.3 Å². The molecule has 1 saturated heterocycles. The number of hydrogen-bond acceptors (Lipinski definition) is 6. The predicted molar refractivity (Wildman–Crippen MR) is 71.4 cm³/mol. The minimum absolute atomic E-state index is 0.0589. The van der Waals surface area contributed by atoms with E-state index in [9.17, 15) is 5.11 Å². The van der Waals surface area contributed by atoms with Crippen LogP contribution >= 0.6 is 0 Å². The zero-order valence-electron chi connectivity index (χ0n) is 11.5. The van der Waals surface area contributed by atoms with Gasteiger partial charge in [-0.15, -0.1) is 0 Å². The molecule has 2 N–H and O–H groups in total. The quantitative estimate of drug-likeness (QED) is 0.833. The first-order chi connectivity index (χ1) is 9.17. The number of ether oxygens (including phenoxy) is 2. The van der Waals surface area contributed by atoms with Crippen LogP contribution in [-0.4, -0.2) is 47.0 Å². The van der Waals surface area contributed by atoms with E-state index in [-0.39, 0.29) is 12.1 Å². The normalized spacial score (nSPS) is 18.1. The van der Waals surface area contributed by atoms with Gasteiger partial charge in [0.1, 0.15) is 11.6 Å². The lowest BCUT2D eigenvalue weighted by atomic mass is 9.91. The van der Waals surface area contributed by atoms with E-state index in [1.165, 1.54) is 0 Å². The molecular formula is C13H21N3O3. The Morgan fingerprint density at radius 3 is 2.79 bits per heavy atom. The van der Waals surface area contributed by atoms with Gasteiger partial charge in [-0.1, -0.05) is 0 Å². The number of aryl methyl sites for hydroxylation is 1. The maximum atomic E-state index is 9.65. The van der Waals surface area contributed by atoms with Crippen molar-refractivity contribution in [3.63, 3.8) is 0 Å². The third kappa shape index (κ3) is 3.54. The summed E-state index contributed by atoms with van der Waals surface area (Å²) in [5.41, 5.74) is -0.359. The van der Waals surface area contributed by atoms with Crippen LogP contribution in [0.1, 0.15) is 25.6 Å². The number of nitrogens with zero attached hydrogens (tertiary/aromatic N) is 2. The predicted octanol–water partition coefficient (Wildman–Crippen LogP) is 1.14. The zero-order chi connectivity index (χ0) is 13.7. The molecule has 0 aliphatic carbocycles. The second kappa shape index (κ2) is 6.16. The van der Waals surface area contributed by atoms with Crippen LogP contribution in [0.3, 0.4) is 0 Å². The van der Waals surface area contributed by atoms with Gasteiger partial charge in [0, 0.05) is 19.3 Å². The number of anilines is 1. The fourth-order valence-electron chi connectivity index (χ4n) is 2.18. The Morgan fingerprint density at radius 1 is 1.42 bits per heavy atom. The standard InChI is InChI=1S/C13H21N3O3/c1-3-19-12-8-11(14-10(2)15-12)16-13(9-17)4-6-18-7-5-13/h8,17H,3-7,9H2,1-2H3,(H,14,15,16). The van der Waals surface area contributed by atoms with E-state index in [0.717, 1.165) is 12.8 Å². The number of nitrogens with one attached hydrogen (secondary N) is 1. The first kappa shape index (κ1) is 14.0. The van der Waals surface area contributed by atoms with Crippen molar-refractivity contribution in [3.05, 3.63) is 11.9 Å². The maximum absolute atomic E-state index is 9.65. The Bertz CT molecular complexity index is 420. The van der Waals surface area contributed by atoms with E-state index in [2.05, 4.69) is 15.3 Å². The van der Waals surface area contributed by atoms with E-state index in [1.807, 2.05) is 13.8 Å². The van der Waals surface area contributed by atoms with Crippen molar-refractivity contribution in [1.82, 2.24) is 9.97 Å². The molecule has 1 aromatic heterocycles. The van der Waals surface area contributed by atoms with Crippen LogP contribution < -0.4 is 10.1 Å². The molecule has 1 aliphatic rings. The van der Waals surface area contributed by atoms with Crippen molar-refractivity contribution >= 4 is 5.82 Å². The molecule has 19 heavy (non-hydrogen) atoms. The fourth-order valence-corrected chi connectivity index (χ4v) is 2.18. The molecule has 0 bridgehead atoms. The van der Waals surface area contributed by atoms with Gasteiger partial charge in [-0.2, -0.15) is 4.98 Å². The molecule has 6 heteroatoms. The Morgan fingerprint density at radius 2 is 2.16 bits per heavy atom. The largest absolute Gasteiger partial charge is 0.478 e. The molecule has 0 amide bonds. The van der Waals surface area contributed by atoms with E-state index in [4.69, 9.17) is 9.47 Å². The molecule has 1 aromatic rings. The van der Waals surface area contributed by atoms with Crippen LogP contribution in [-0.2, 0) is 4.74 Å². The van der Waals surface area contributed by atoms with Crippen molar-refractivity contribution in [1.29, 1.82) is 0 Å². The fraction of sp³-hybridized carbons (Fsp3) is 0.692. The van der Waals surface area contributed by atoms with Crippen LogP contribution in [0.5, 0.6) is 5.88 Å². The van der Waals surface area contributed by atoms with Gasteiger partial charge in [0.05, 0.1) is 18.8 Å². The molecule has 0 radical (unpaired) electrons. The summed E-state index contributed by atoms with van der Waals surface area (Å²) in [5.74, 6) is 1.89. The van der Waals surface area contributed by atoms with E-state index in [1.54, 1.807) is 6.07 Å². The average Bonchev–Trinajstić information content (AvgIpc) is 2.39. The molecular weight excluding hydrogens is 246 g/mol. The summed E-state index contributed by atoms with van der Waals surface area (Å²) in [7, 11) is 0. The Kier molecular flexibility index (Phi) is 4.55. The SMILES string of the molecule is CCOc1cc(NC2(CO)CCOCC2)nc(C)n1. The number of aliphatic hydroxyl groups excluding tert-OH is 1. The first-order valence-corrected chi connectivity index (χ1v) is 6.63. The second-order valence-corrected chi connectivity index (χ2v) is 4.75. The van der Waals surface area contributed by atoms with Gasteiger partial charge in [-0.25, -0.2) is 4.98 Å². The summed E-state index contributed by atoms with van der Waals surface area (Å²) in [6, 6.07) is 1.77. The lowest BCUT2D eigenvalue weighted by Crippen LogP contribution is -2.47. The average molecular weight is 267 g/mol. The van der Waals surface area contributed by atoms with Crippen LogP contribution in [0.15, 0.2) is 6.07 Å². The Labute approximate surface area is 113 Å². The Balaban J connectivity index is 2.16. The van der Waals surface area contributed by atoms with Gasteiger partial charge in [-0.05, 0) is 26.7 Å². The number of aromatic nitrogens is 2. The molecule has 1 aliphatic heterocycles. The molecule has 0 unspecified atom stereocenters. The van der Waals surface area contributed by atoms with E-state index >= 15 is 0 Å². The van der Waals surface area contributed by atoms with E-state index < -0.39 is 0 Å². The minimum atomic E-state index is -0.359. The third-order valence-corrected chi connectivity index (χ3v) is 3.25. The number of aliphatic hydroxyl groups is 1. The maximum Gasteiger partial charge on any atom is 0.218 e. The molecule has 106 valence electrons. The smallest absolute Gasteiger partial charge is 0.218 e. The lowest BCUT2D eigenvalue weighted by Gasteiger charge is -2.36. The van der Waals surface area contributed by atoms with Crippen LogP contribution in [0.2, 0.25) is 0 Å². The molecule has 6 nitrogen and oxygen atoms in total. The van der Waals surface area contributed by atoms with Gasteiger partial charge in [-0.3, -0.25) is 0 Å². The molecule has 0 atom stereocenters. The van der Waals surface area contributed by atoms with Crippen molar-refractivity contribution in [2.24, 2.45) is 0 Å².